The minimum atomic E-state index is -0.311. The van der Waals surface area contributed by atoms with Crippen LogP contribution in [-0.4, -0.2) is 47.7 Å². The van der Waals surface area contributed by atoms with Crippen LogP contribution in [0.15, 0.2) is 18.2 Å². The highest BCUT2D eigenvalue weighted by Gasteiger charge is 2.50. The molecule has 5 heteroatoms. The van der Waals surface area contributed by atoms with Gasteiger partial charge in [-0.3, -0.25) is 4.79 Å². The van der Waals surface area contributed by atoms with Crippen molar-refractivity contribution in [1.82, 2.24) is 4.90 Å². The van der Waals surface area contributed by atoms with Gasteiger partial charge in [0.1, 0.15) is 5.82 Å². The summed E-state index contributed by atoms with van der Waals surface area (Å²) in [5.74, 6) is 0.0801. The van der Waals surface area contributed by atoms with Crippen molar-refractivity contribution in [3.63, 3.8) is 0 Å². The Morgan fingerprint density at radius 1 is 1.12 bits per heavy atom. The zero-order valence-electron chi connectivity index (χ0n) is 15.6. The maximum absolute atomic E-state index is 13.8. The van der Waals surface area contributed by atoms with E-state index in [1.807, 2.05) is 13.0 Å². The molecule has 0 radical (unpaired) electrons. The van der Waals surface area contributed by atoms with Crippen molar-refractivity contribution in [2.45, 2.75) is 64.0 Å². The quantitative estimate of drug-likeness (QED) is 0.880. The fourth-order valence-electron chi connectivity index (χ4n) is 5.20. The lowest BCUT2D eigenvalue weighted by Crippen LogP contribution is -2.50. The van der Waals surface area contributed by atoms with Crippen molar-refractivity contribution >= 4 is 11.6 Å². The molecule has 4 rings (SSSR count). The van der Waals surface area contributed by atoms with Crippen LogP contribution in [-0.2, 0) is 4.79 Å². The average molecular weight is 360 g/mol. The largest absolute Gasteiger partial charge is 0.393 e. The molecule has 2 aliphatic heterocycles. The van der Waals surface area contributed by atoms with Crippen LogP contribution in [0.25, 0.3) is 0 Å². The number of carbonyl (C=O) groups is 1. The molecule has 2 saturated heterocycles. The molecule has 2 heterocycles. The molecule has 1 atom stereocenters. The molecule has 0 bridgehead atoms. The molecule has 1 aliphatic carbocycles. The molecular formula is C21H29FN2O2. The van der Waals surface area contributed by atoms with Gasteiger partial charge in [0.2, 0.25) is 5.91 Å². The number of nitrogens with zero attached hydrogens (tertiary/aromatic N) is 2. The molecule has 142 valence electrons. The van der Waals surface area contributed by atoms with Crippen LogP contribution >= 0.6 is 0 Å². The SMILES string of the molecule is Cc1cc(F)cc(N2CCC[C@]3(CCN(C4CCC(O)CC4)C3=O)C2)c1. The molecule has 3 fully saturated rings. The lowest BCUT2D eigenvalue weighted by Gasteiger charge is -2.41. The average Bonchev–Trinajstić information content (AvgIpc) is 2.91. The Bertz CT molecular complexity index is 666. The zero-order valence-corrected chi connectivity index (χ0v) is 15.6. The first-order chi connectivity index (χ1) is 12.5. The lowest BCUT2D eigenvalue weighted by atomic mass is 9.78. The van der Waals surface area contributed by atoms with E-state index in [0.29, 0.717) is 6.54 Å². The van der Waals surface area contributed by atoms with Crippen molar-refractivity contribution in [2.24, 2.45) is 5.41 Å². The minimum Gasteiger partial charge on any atom is -0.393 e. The number of likely N-dealkylation sites (tertiary alicyclic amines) is 1. The van der Waals surface area contributed by atoms with Gasteiger partial charge in [0, 0.05) is 31.4 Å². The third-order valence-electron chi connectivity index (χ3n) is 6.62. The lowest BCUT2D eigenvalue weighted by molar-refractivity contribution is -0.139. The number of hydrogen-bond acceptors (Lipinski definition) is 3. The number of halogens is 1. The molecule has 26 heavy (non-hydrogen) atoms. The van der Waals surface area contributed by atoms with E-state index in [1.54, 1.807) is 12.1 Å². The molecule has 1 amide bonds. The number of rotatable bonds is 2. The normalized spacial score (nSPS) is 32.5. The maximum Gasteiger partial charge on any atom is 0.230 e. The second-order valence-electron chi connectivity index (χ2n) is 8.50. The van der Waals surface area contributed by atoms with Crippen LogP contribution in [0.3, 0.4) is 0 Å². The van der Waals surface area contributed by atoms with Crippen molar-refractivity contribution in [3.8, 4) is 0 Å². The summed E-state index contributed by atoms with van der Waals surface area (Å²) >= 11 is 0. The number of anilines is 1. The van der Waals surface area contributed by atoms with Crippen LogP contribution in [0.1, 0.15) is 50.5 Å². The van der Waals surface area contributed by atoms with Crippen molar-refractivity contribution < 1.29 is 14.3 Å². The number of piperidine rings is 1. The third-order valence-corrected chi connectivity index (χ3v) is 6.62. The van der Waals surface area contributed by atoms with E-state index in [9.17, 15) is 14.3 Å². The molecule has 0 aromatic heterocycles. The summed E-state index contributed by atoms with van der Waals surface area (Å²) in [6.07, 6.45) is 6.04. The number of carbonyl (C=O) groups excluding carboxylic acids is 1. The summed E-state index contributed by atoms with van der Waals surface area (Å²) in [4.78, 5) is 17.6. The Morgan fingerprint density at radius 3 is 2.62 bits per heavy atom. The van der Waals surface area contributed by atoms with Gasteiger partial charge in [0.15, 0.2) is 0 Å². The summed E-state index contributed by atoms with van der Waals surface area (Å²) in [5, 5.41) is 9.74. The van der Waals surface area contributed by atoms with E-state index in [0.717, 1.165) is 69.3 Å². The second-order valence-corrected chi connectivity index (χ2v) is 8.50. The van der Waals surface area contributed by atoms with Gasteiger partial charge < -0.3 is 14.9 Å². The molecule has 1 spiro atoms. The molecule has 1 N–H and O–H groups in total. The van der Waals surface area contributed by atoms with E-state index in [-0.39, 0.29) is 29.3 Å². The van der Waals surface area contributed by atoms with Gasteiger partial charge in [-0.1, -0.05) is 0 Å². The fourth-order valence-corrected chi connectivity index (χ4v) is 5.20. The van der Waals surface area contributed by atoms with Gasteiger partial charge in [0.05, 0.1) is 11.5 Å². The zero-order chi connectivity index (χ0) is 18.3. The molecule has 0 unspecified atom stereocenters. The van der Waals surface area contributed by atoms with E-state index >= 15 is 0 Å². The monoisotopic (exact) mass is 360 g/mol. The number of aliphatic hydroxyl groups excluding tert-OH is 1. The van der Waals surface area contributed by atoms with Gasteiger partial charge >= 0.3 is 0 Å². The summed E-state index contributed by atoms with van der Waals surface area (Å²) in [7, 11) is 0. The predicted molar refractivity (Wildman–Crippen MR) is 99.6 cm³/mol. The predicted octanol–water partition coefficient (Wildman–Crippen LogP) is 3.26. The van der Waals surface area contributed by atoms with E-state index in [4.69, 9.17) is 0 Å². The number of amides is 1. The van der Waals surface area contributed by atoms with Gasteiger partial charge in [-0.05, 0) is 75.6 Å². The number of benzene rings is 1. The number of aryl methyl sites for hydroxylation is 1. The standard InChI is InChI=1S/C21H29FN2O2/c1-15-11-16(22)13-18(12-15)23-9-2-7-21(14-23)8-10-24(20(21)26)17-3-5-19(25)6-4-17/h11-13,17,19,25H,2-10,14H2,1H3/t17?,19?,21-/m0/s1. The number of aliphatic hydroxyl groups is 1. The maximum atomic E-state index is 13.8. The first-order valence-electron chi connectivity index (χ1n) is 9.98. The highest BCUT2D eigenvalue weighted by molar-refractivity contribution is 5.86. The fraction of sp³-hybridized carbons (Fsp3) is 0.667. The third kappa shape index (κ3) is 3.22. The van der Waals surface area contributed by atoms with E-state index in [2.05, 4.69) is 9.80 Å². The molecule has 1 saturated carbocycles. The summed E-state index contributed by atoms with van der Waals surface area (Å²) in [6.45, 7) is 4.32. The molecule has 1 aromatic carbocycles. The van der Waals surface area contributed by atoms with Crippen molar-refractivity contribution in [1.29, 1.82) is 0 Å². The highest BCUT2D eigenvalue weighted by Crippen LogP contribution is 2.43. The molecule has 1 aromatic rings. The van der Waals surface area contributed by atoms with Crippen LogP contribution in [0, 0.1) is 18.2 Å². The van der Waals surface area contributed by atoms with Gasteiger partial charge in [0.25, 0.3) is 0 Å². The summed E-state index contributed by atoms with van der Waals surface area (Å²) in [5.41, 5.74) is 1.50. The summed E-state index contributed by atoms with van der Waals surface area (Å²) in [6, 6.07) is 5.44. The first-order valence-corrected chi connectivity index (χ1v) is 9.98. The Labute approximate surface area is 155 Å². The van der Waals surface area contributed by atoms with Gasteiger partial charge in [-0.25, -0.2) is 4.39 Å². The Kier molecular flexibility index (Phi) is 4.68. The Morgan fingerprint density at radius 2 is 1.88 bits per heavy atom. The highest BCUT2D eigenvalue weighted by atomic mass is 19.1. The first kappa shape index (κ1) is 17.8. The minimum absolute atomic E-state index is 0.195. The van der Waals surface area contributed by atoms with Crippen LogP contribution in [0.4, 0.5) is 10.1 Å². The molecule has 3 aliphatic rings. The van der Waals surface area contributed by atoms with Crippen LogP contribution < -0.4 is 4.90 Å². The second kappa shape index (κ2) is 6.84. The van der Waals surface area contributed by atoms with Crippen LogP contribution in [0.5, 0.6) is 0 Å². The van der Waals surface area contributed by atoms with E-state index in [1.165, 1.54) is 0 Å². The Balaban J connectivity index is 1.50. The summed E-state index contributed by atoms with van der Waals surface area (Å²) < 4.78 is 13.8. The van der Waals surface area contributed by atoms with Gasteiger partial charge in [-0.2, -0.15) is 0 Å². The Hall–Kier alpha value is -1.62. The molecular weight excluding hydrogens is 331 g/mol. The molecule has 4 nitrogen and oxygen atoms in total. The number of hydrogen-bond donors (Lipinski definition) is 1. The van der Waals surface area contributed by atoms with Crippen LogP contribution in [0.2, 0.25) is 0 Å². The van der Waals surface area contributed by atoms with E-state index < -0.39 is 0 Å². The topological polar surface area (TPSA) is 43.8 Å². The van der Waals surface area contributed by atoms with Gasteiger partial charge in [-0.15, -0.1) is 0 Å². The van der Waals surface area contributed by atoms with Crippen molar-refractivity contribution in [3.05, 3.63) is 29.6 Å². The smallest absolute Gasteiger partial charge is 0.230 e. The van der Waals surface area contributed by atoms with Crippen molar-refractivity contribution in [2.75, 3.05) is 24.5 Å².